The highest BCUT2D eigenvalue weighted by atomic mass is 31.2. The van der Waals surface area contributed by atoms with Crippen molar-refractivity contribution in [1.29, 1.82) is 0 Å². The number of ether oxygens (including phenoxy) is 2. The maximum Gasteiger partial charge on any atom is 0.472 e. The van der Waals surface area contributed by atoms with E-state index >= 15 is 0 Å². The van der Waals surface area contributed by atoms with Crippen LogP contribution in [-0.4, -0.2) is 49.3 Å². The fourth-order valence-electron chi connectivity index (χ4n) is 5.67. The quantitative estimate of drug-likeness (QED) is 0.0273. The maximum absolute atomic E-state index is 12.6. The number of rotatable bonds is 39. The third kappa shape index (κ3) is 38.0. The molecule has 0 aromatic rings. The minimum Gasteiger partial charge on any atom is -0.462 e. The zero-order chi connectivity index (χ0) is 37.5. The summed E-state index contributed by atoms with van der Waals surface area (Å²) < 4.78 is 32.7. The third-order valence-electron chi connectivity index (χ3n) is 8.81. The van der Waals surface area contributed by atoms with Gasteiger partial charge in [0.15, 0.2) is 6.10 Å². The molecule has 0 aromatic carbocycles. The van der Waals surface area contributed by atoms with Crippen LogP contribution in [0.4, 0.5) is 0 Å². The number of hydrogen-bond acceptors (Lipinski definition) is 8. The molecule has 0 amide bonds. The van der Waals surface area contributed by atoms with Gasteiger partial charge in [-0.15, -0.1) is 0 Å². The Labute approximate surface area is 312 Å². The molecule has 0 saturated heterocycles. The van der Waals surface area contributed by atoms with Gasteiger partial charge in [-0.3, -0.25) is 18.6 Å². The third-order valence-corrected chi connectivity index (χ3v) is 9.79. The van der Waals surface area contributed by atoms with E-state index in [-0.39, 0.29) is 38.6 Å². The van der Waals surface area contributed by atoms with Gasteiger partial charge in [0.1, 0.15) is 6.61 Å². The molecule has 0 aliphatic carbocycles. The van der Waals surface area contributed by atoms with Gasteiger partial charge in [0, 0.05) is 19.4 Å². The second-order valence-corrected chi connectivity index (χ2v) is 15.3. The maximum atomic E-state index is 12.6. The number of allylic oxidation sites excluding steroid dienone is 4. The smallest absolute Gasteiger partial charge is 0.462 e. The number of carbonyl (C=O) groups is 2. The summed E-state index contributed by atoms with van der Waals surface area (Å²) in [5.74, 6) is -0.833. The number of esters is 2. The van der Waals surface area contributed by atoms with Crippen molar-refractivity contribution in [3.05, 3.63) is 24.3 Å². The minimum absolute atomic E-state index is 0.0535. The normalized spacial score (nSPS) is 13.6. The van der Waals surface area contributed by atoms with Crippen molar-refractivity contribution < 1.29 is 37.6 Å². The number of carbonyl (C=O) groups excluding carboxylic acids is 2. The Morgan fingerprint density at radius 1 is 0.569 bits per heavy atom. The zero-order valence-electron chi connectivity index (χ0n) is 32.8. The molecule has 3 N–H and O–H groups in total. The Morgan fingerprint density at radius 3 is 1.45 bits per heavy atom. The molecule has 0 rings (SSSR count). The van der Waals surface area contributed by atoms with E-state index in [9.17, 15) is 19.0 Å². The van der Waals surface area contributed by atoms with E-state index in [1.165, 1.54) is 109 Å². The van der Waals surface area contributed by atoms with Crippen molar-refractivity contribution in [2.45, 2.75) is 200 Å². The number of phosphoric ester groups is 1. The first kappa shape index (κ1) is 49.5. The predicted octanol–water partition coefficient (Wildman–Crippen LogP) is 11.6. The molecule has 0 spiro atoms. The monoisotopic (exact) mass is 744 g/mol. The Bertz CT molecular complexity index is 897. The summed E-state index contributed by atoms with van der Waals surface area (Å²) in [6.07, 6.45) is 39.1. The minimum atomic E-state index is -4.37. The lowest BCUT2D eigenvalue weighted by molar-refractivity contribution is -0.161. The molecule has 0 radical (unpaired) electrons. The van der Waals surface area contributed by atoms with Crippen molar-refractivity contribution in [1.82, 2.24) is 0 Å². The Balaban J connectivity index is 4.17. The van der Waals surface area contributed by atoms with E-state index < -0.39 is 26.5 Å². The van der Waals surface area contributed by atoms with Crippen LogP contribution in [-0.2, 0) is 32.7 Å². The first-order chi connectivity index (χ1) is 24.8. The standard InChI is InChI=1S/C41H78NO8P/c1-3-5-7-9-11-13-15-17-19-21-23-25-27-29-31-33-40(43)47-37-39(38-49-51(45,46)48-36-35-42)50-41(44)34-32-30-28-26-24-22-20-18-16-14-12-10-8-6-4-2/h10,12-13,15,39H,3-9,11,14,16-38,42H2,1-2H3,(H,45,46)/b12-10+,15-13+/t39-/m1/s1. The summed E-state index contributed by atoms with van der Waals surface area (Å²) >= 11 is 0. The second-order valence-electron chi connectivity index (χ2n) is 13.8. The van der Waals surface area contributed by atoms with Gasteiger partial charge >= 0.3 is 19.8 Å². The van der Waals surface area contributed by atoms with Crippen LogP contribution in [0, 0.1) is 0 Å². The summed E-state index contributed by atoms with van der Waals surface area (Å²) in [6, 6.07) is 0. The van der Waals surface area contributed by atoms with E-state index in [2.05, 4.69) is 38.2 Å². The average Bonchev–Trinajstić information content (AvgIpc) is 3.11. The number of nitrogens with two attached hydrogens (primary N) is 1. The fourth-order valence-corrected chi connectivity index (χ4v) is 6.43. The van der Waals surface area contributed by atoms with Crippen LogP contribution < -0.4 is 5.73 Å². The predicted molar refractivity (Wildman–Crippen MR) is 211 cm³/mol. The van der Waals surface area contributed by atoms with Crippen molar-refractivity contribution in [3.8, 4) is 0 Å². The summed E-state index contributed by atoms with van der Waals surface area (Å²) in [5, 5.41) is 0. The molecule has 10 heteroatoms. The summed E-state index contributed by atoms with van der Waals surface area (Å²) in [4.78, 5) is 34.8. The lowest BCUT2D eigenvalue weighted by atomic mass is 10.1. The fraction of sp³-hybridized carbons (Fsp3) is 0.854. The van der Waals surface area contributed by atoms with Crippen LogP contribution in [0.1, 0.15) is 194 Å². The topological polar surface area (TPSA) is 134 Å². The van der Waals surface area contributed by atoms with Gasteiger partial charge < -0.3 is 20.1 Å². The summed E-state index contributed by atoms with van der Waals surface area (Å²) in [5.41, 5.74) is 5.34. The highest BCUT2D eigenvalue weighted by Crippen LogP contribution is 2.43. The van der Waals surface area contributed by atoms with Crippen LogP contribution in [0.3, 0.4) is 0 Å². The number of unbranched alkanes of at least 4 members (excludes halogenated alkanes) is 22. The largest absolute Gasteiger partial charge is 0.472 e. The molecule has 51 heavy (non-hydrogen) atoms. The SMILES string of the molecule is CCCC/C=C/CCCCCCCCCCCC(=O)O[C@H](COC(=O)CCCCCCCCC/C=C/CCCCCC)COP(=O)(O)OCCN. The molecule has 0 fully saturated rings. The highest BCUT2D eigenvalue weighted by Gasteiger charge is 2.26. The van der Waals surface area contributed by atoms with E-state index in [4.69, 9.17) is 24.3 Å². The Kier molecular flexibility index (Phi) is 37.1. The van der Waals surface area contributed by atoms with Gasteiger partial charge in [-0.05, 0) is 57.8 Å². The van der Waals surface area contributed by atoms with Crippen molar-refractivity contribution in [2.24, 2.45) is 5.73 Å². The van der Waals surface area contributed by atoms with Gasteiger partial charge in [0.25, 0.3) is 0 Å². The molecule has 0 aromatic heterocycles. The van der Waals surface area contributed by atoms with E-state index in [1.54, 1.807) is 0 Å². The van der Waals surface area contributed by atoms with Crippen LogP contribution in [0.5, 0.6) is 0 Å². The van der Waals surface area contributed by atoms with Crippen LogP contribution in [0.25, 0.3) is 0 Å². The van der Waals surface area contributed by atoms with Gasteiger partial charge in [-0.25, -0.2) is 4.57 Å². The zero-order valence-corrected chi connectivity index (χ0v) is 33.7. The average molecular weight is 744 g/mol. The molecule has 0 aliphatic rings. The second kappa shape index (κ2) is 38.2. The van der Waals surface area contributed by atoms with Gasteiger partial charge in [-0.1, -0.05) is 147 Å². The molecule has 1 unspecified atom stereocenters. The van der Waals surface area contributed by atoms with Crippen LogP contribution in [0.2, 0.25) is 0 Å². The van der Waals surface area contributed by atoms with Crippen LogP contribution in [0.15, 0.2) is 24.3 Å². The van der Waals surface area contributed by atoms with Gasteiger partial charge in [-0.2, -0.15) is 0 Å². The molecule has 0 saturated carbocycles. The van der Waals surface area contributed by atoms with Crippen molar-refractivity contribution >= 4 is 19.8 Å². The molecular weight excluding hydrogens is 665 g/mol. The van der Waals surface area contributed by atoms with E-state index in [0.717, 1.165) is 51.4 Å². The van der Waals surface area contributed by atoms with Gasteiger partial charge in [0.2, 0.25) is 0 Å². The molecule has 2 atom stereocenters. The van der Waals surface area contributed by atoms with Crippen molar-refractivity contribution in [3.63, 3.8) is 0 Å². The summed E-state index contributed by atoms with van der Waals surface area (Å²) in [7, 11) is -4.37. The lowest BCUT2D eigenvalue weighted by Gasteiger charge is -2.19. The Hall–Kier alpha value is -1.51. The first-order valence-electron chi connectivity index (χ1n) is 20.8. The van der Waals surface area contributed by atoms with Crippen LogP contribution >= 0.6 is 7.82 Å². The summed E-state index contributed by atoms with van der Waals surface area (Å²) in [6.45, 7) is 3.69. The highest BCUT2D eigenvalue weighted by molar-refractivity contribution is 7.47. The number of phosphoric acid groups is 1. The molecule has 0 aliphatic heterocycles. The molecule has 300 valence electrons. The Morgan fingerprint density at radius 2 is 0.980 bits per heavy atom. The van der Waals surface area contributed by atoms with Crippen molar-refractivity contribution in [2.75, 3.05) is 26.4 Å². The van der Waals surface area contributed by atoms with E-state index in [0.29, 0.717) is 6.42 Å². The molecule has 9 nitrogen and oxygen atoms in total. The molecule has 0 heterocycles. The lowest BCUT2D eigenvalue weighted by Crippen LogP contribution is -2.29. The van der Waals surface area contributed by atoms with Gasteiger partial charge in [0.05, 0.1) is 13.2 Å². The molecule has 0 bridgehead atoms. The first-order valence-corrected chi connectivity index (χ1v) is 22.3. The molecular formula is C41H78NO8P. The number of hydrogen-bond donors (Lipinski definition) is 2. The van der Waals surface area contributed by atoms with E-state index in [1.807, 2.05) is 0 Å².